The molecule has 0 radical (unpaired) electrons. The van der Waals surface area contributed by atoms with Gasteiger partial charge in [-0.25, -0.2) is 4.98 Å². The molecule has 2 N–H and O–H groups in total. The number of nitrogens with zero attached hydrogens (tertiary/aromatic N) is 3. The topological polar surface area (TPSA) is 67.6 Å². The van der Waals surface area contributed by atoms with Crippen LogP contribution in [0.2, 0.25) is 5.02 Å². The molecule has 2 aromatic carbocycles. The van der Waals surface area contributed by atoms with Gasteiger partial charge in [0.05, 0.1) is 33.6 Å². The number of aromatic nitrogens is 2. The largest absolute Gasteiger partial charge is 0.398 e. The number of halogens is 1. The van der Waals surface area contributed by atoms with Gasteiger partial charge in [0.25, 0.3) is 0 Å². The summed E-state index contributed by atoms with van der Waals surface area (Å²) in [6.07, 6.45) is 1.76. The van der Waals surface area contributed by atoms with E-state index in [1.165, 1.54) is 0 Å². The molecule has 98 valence electrons. The second-order valence-electron chi connectivity index (χ2n) is 4.56. The second-order valence-corrected chi connectivity index (χ2v) is 4.94. The lowest BCUT2D eigenvalue weighted by Gasteiger charge is -2.08. The van der Waals surface area contributed by atoms with Crippen LogP contribution in [-0.2, 0) is 7.05 Å². The Hall–Kier alpha value is -2.51. The fourth-order valence-electron chi connectivity index (χ4n) is 2.22. The number of benzene rings is 2. The summed E-state index contributed by atoms with van der Waals surface area (Å²) in [5.41, 5.74) is 10.1. The van der Waals surface area contributed by atoms with Gasteiger partial charge in [0.15, 0.2) is 0 Å². The summed E-state index contributed by atoms with van der Waals surface area (Å²) >= 11 is 6.29. The van der Waals surface area contributed by atoms with Crippen LogP contribution in [0.5, 0.6) is 0 Å². The van der Waals surface area contributed by atoms with E-state index < -0.39 is 0 Å². The molecule has 3 rings (SSSR count). The number of fused-ring (bicyclic) bond motifs is 1. The van der Waals surface area contributed by atoms with Crippen molar-refractivity contribution in [2.45, 2.75) is 0 Å². The lowest BCUT2D eigenvalue weighted by atomic mass is 10.0. The first-order chi connectivity index (χ1) is 9.61. The summed E-state index contributed by atoms with van der Waals surface area (Å²) in [6.45, 7) is 0. The van der Waals surface area contributed by atoms with Gasteiger partial charge in [0.2, 0.25) is 0 Å². The van der Waals surface area contributed by atoms with Crippen molar-refractivity contribution in [1.29, 1.82) is 5.26 Å². The Balaban J connectivity index is 2.26. The summed E-state index contributed by atoms with van der Waals surface area (Å²) in [5.74, 6) is 0. The number of rotatable bonds is 1. The minimum atomic E-state index is 0.314. The molecule has 0 saturated heterocycles. The Morgan fingerprint density at radius 2 is 2.10 bits per heavy atom. The highest BCUT2D eigenvalue weighted by molar-refractivity contribution is 6.35. The van der Waals surface area contributed by atoms with E-state index in [1.807, 2.05) is 41.9 Å². The van der Waals surface area contributed by atoms with E-state index in [0.717, 1.165) is 22.2 Å². The van der Waals surface area contributed by atoms with Crippen molar-refractivity contribution >= 4 is 28.3 Å². The fourth-order valence-corrected chi connectivity index (χ4v) is 2.54. The van der Waals surface area contributed by atoms with Crippen LogP contribution in [-0.4, -0.2) is 9.55 Å². The quantitative estimate of drug-likeness (QED) is 0.696. The molecule has 4 nitrogen and oxygen atoms in total. The van der Waals surface area contributed by atoms with Crippen LogP contribution in [0.25, 0.3) is 22.2 Å². The fraction of sp³-hybridized carbons (Fsp3) is 0.0667. The number of aryl methyl sites for hydroxylation is 1. The average molecular weight is 283 g/mol. The molecule has 0 saturated carbocycles. The minimum absolute atomic E-state index is 0.314. The molecule has 1 heterocycles. The molecule has 0 atom stereocenters. The van der Waals surface area contributed by atoms with Crippen LogP contribution in [0.1, 0.15) is 5.56 Å². The third-order valence-corrected chi connectivity index (χ3v) is 3.72. The van der Waals surface area contributed by atoms with Crippen molar-refractivity contribution in [3.05, 3.63) is 47.2 Å². The van der Waals surface area contributed by atoms with Crippen LogP contribution in [0.3, 0.4) is 0 Å². The van der Waals surface area contributed by atoms with Gasteiger partial charge < -0.3 is 10.3 Å². The van der Waals surface area contributed by atoms with Crippen molar-refractivity contribution in [3.63, 3.8) is 0 Å². The van der Waals surface area contributed by atoms with Gasteiger partial charge in [-0.2, -0.15) is 5.26 Å². The maximum atomic E-state index is 9.12. The first kappa shape index (κ1) is 12.5. The molecule has 3 aromatic rings. The molecule has 0 spiro atoms. The smallest absolute Gasteiger partial charge is 0.103 e. The number of hydrogen-bond donors (Lipinski definition) is 1. The van der Waals surface area contributed by atoms with Gasteiger partial charge >= 0.3 is 0 Å². The van der Waals surface area contributed by atoms with Crippen LogP contribution < -0.4 is 5.73 Å². The number of nitrogen functional groups attached to an aromatic ring is 1. The highest BCUT2D eigenvalue weighted by Gasteiger charge is 2.12. The first-order valence-electron chi connectivity index (χ1n) is 6.01. The van der Waals surface area contributed by atoms with E-state index in [9.17, 15) is 0 Å². The number of anilines is 1. The van der Waals surface area contributed by atoms with Crippen LogP contribution in [0.15, 0.2) is 36.7 Å². The Bertz CT molecular complexity index is 858. The molecule has 0 fully saturated rings. The zero-order chi connectivity index (χ0) is 14.3. The maximum absolute atomic E-state index is 9.12. The number of nitrogens with two attached hydrogens (primary N) is 1. The van der Waals surface area contributed by atoms with E-state index in [4.69, 9.17) is 22.6 Å². The third-order valence-electron chi connectivity index (χ3n) is 3.32. The highest BCUT2D eigenvalue weighted by atomic mass is 35.5. The summed E-state index contributed by atoms with van der Waals surface area (Å²) in [4.78, 5) is 4.28. The maximum Gasteiger partial charge on any atom is 0.103 e. The van der Waals surface area contributed by atoms with E-state index in [0.29, 0.717) is 16.3 Å². The van der Waals surface area contributed by atoms with Crippen LogP contribution in [0.4, 0.5) is 5.69 Å². The van der Waals surface area contributed by atoms with Crippen molar-refractivity contribution in [3.8, 4) is 17.2 Å². The van der Waals surface area contributed by atoms with E-state index in [-0.39, 0.29) is 0 Å². The van der Waals surface area contributed by atoms with Crippen molar-refractivity contribution < 1.29 is 0 Å². The normalized spacial score (nSPS) is 10.7. The lowest BCUT2D eigenvalue weighted by molar-refractivity contribution is 0.948. The molecule has 0 aliphatic carbocycles. The van der Waals surface area contributed by atoms with Crippen molar-refractivity contribution in [2.75, 3.05) is 5.73 Å². The predicted octanol–water partition coefficient (Wildman–Crippen LogP) is 3.35. The summed E-state index contributed by atoms with van der Waals surface area (Å²) in [6, 6.07) is 11.4. The zero-order valence-corrected chi connectivity index (χ0v) is 11.5. The van der Waals surface area contributed by atoms with Gasteiger partial charge in [-0.05, 0) is 23.8 Å². The standard InChI is InChI=1S/C15H11ClN4/c1-20-8-19-13-5-2-9(6-14(13)20)10-3-4-12(18)11(7-17)15(10)16/h2-6,8H,18H2,1H3. The van der Waals surface area contributed by atoms with E-state index >= 15 is 0 Å². The van der Waals surface area contributed by atoms with Gasteiger partial charge in [-0.15, -0.1) is 0 Å². The SMILES string of the molecule is Cn1cnc2ccc(-c3ccc(N)c(C#N)c3Cl)cc21. The van der Waals surface area contributed by atoms with Crippen molar-refractivity contribution in [2.24, 2.45) is 7.05 Å². The number of nitriles is 1. The van der Waals surface area contributed by atoms with E-state index in [1.54, 1.807) is 12.4 Å². The van der Waals surface area contributed by atoms with Gasteiger partial charge in [-0.1, -0.05) is 23.7 Å². The van der Waals surface area contributed by atoms with Gasteiger partial charge in [0, 0.05) is 12.6 Å². The lowest BCUT2D eigenvalue weighted by Crippen LogP contribution is -1.93. The zero-order valence-electron chi connectivity index (χ0n) is 10.8. The van der Waals surface area contributed by atoms with Gasteiger partial charge in [0.1, 0.15) is 6.07 Å². The van der Waals surface area contributed by atoms with Crippen molar-refractivity contribution in [1.82, 2.24) is 9.55 Å². The molecular weight excluding hydrogens is 272 g/mol. The Morgan fingerprint density at radius 3 is 2.85 bits per heavy atom. The first-order valence-corrected chi connectivity index (χ1v) is 6.39. The van der Waals surface area contributed by atoms with E-state index in [2.05, 4.69) is 4.98 Å². The molecular formula is C15H11ClN4. The molecule has 0 bridgehead atoms. The summed E-state index contributed by atoms with van der Waals surface area (Å²) < 4.78 is 1.94. The predicted molar refractivity (Wildman–Crippen MR) is 80.3 cm³/mol. The number of imidazole rings is 1. The number of hydrogen-bond acceptors (Lipinski definition) is 3. The molecule has 20 heavy (non-hydrogen) atoms. The average Bonchev–Trinajstić information content (AvgIpc) is 2.81. The van der Waals surface area contributed by atoms with Crippen LogP contribution >= 0.6 is 11.6 Å². The van der Waals surface area contributed by atoms with Crippen LogP contribution in [0, 0.1) is 11.3 Å². The molecule has 1 aromatic heterocycles. The molecule has 0 aliphatic heterocycles. The molecule has 0 amide bonds. The third kappa shape index (κ3) is 1.80. The Morgan fingerprint density at radius 1 is 1.30 bits per heavy atom. The summed E-state index contributed by atoms with van der Waals surface area (Å²) in [5, 5.41) is 9.51. The Kier molecular flexibility index (Phi) is 2.85. The molecule has 0 unspecified atom stereocenters. The second kappa shape index (κ2) is 4.55. The summed E-state index contributed by atoms with van der Waals surface area (Å²) in [7, 11) is 1.93. The molecule has 5 heteroatoms. The highest BCUT2D eigenvalue weighted by Crippen LogP contribution is 2.34. The molecule has 0 aliphatic rings. The Labute approximate surface area is 121 Å². The van der Waals surface area contributed by atoms with Gasteiger partial charge in [-0.3, -0.25) is 0 Å². The minimum Gasteiger partial charge on any atom is -0.398 e. The monoisotopic (exact) mass is 282 g/mol.